The maximum absolute atomic E-state index is 11.8. The standard InChI is InChI=1S/C19H28O2/c1-3-4-5-6-7-8-12-15-18(19(20)21-2)16-17-13-10-9-11-14-17/h9-11,13-15H,3-8,12,16H2,1-2H3/b18-15+. The quantitative estimate of drug-likeness (QED) is 0.341. The molecule has 2 nitrogen and oxygen atoms in total. The number of carbonyl (C=O) groups is 1. The van der Waals surface area contributed by atoms with Crippen LogP contribution in [0.15, 0.2) is 42.0 Å². The number of hydrogen-bond acceptors (Lipinski definition) is 2. The third kappa shape index (κ3) is 7.69. The molecular formula is C19H28O2. The van der Waals surface area contributed by atoms with E-state index < -0.39 is 0 Å². The number of unbranched alkanes of at least 4 members (excludes halogenated alkanes) is 6. The summed E-state index contributed by atoms with van der Waals surface area (Å²) in [6.45, 7) is 2.23. The van der Waals surface area contributed by atoms with Crippen LogP contribution in [-0.4, -0.2) is 13.1 Å². The molecule has 0 saturated carbocycles. The van der Waals surface area contributed by atoms with E-state index in [1.807, 2.05) is 30.3 Å². The highest BCUT2D eigenvalue weighted by Crippen LogP contribution is 2.13. The summed E-state index contributed by atoms with van der Waals surface area (Å²) in [7, 11) is 1.45. The van der Waals surface area contributed by atoms with Crippen LogP contribution in [0.2, 0.25) is 0 Å². The molecule has 0 bridgehead atoms. The van der Waals surface area contributed by atoms with Crippen molar-refractivity contribution in [1.29, 1.82) is 0 Å². The molecule has 0 aliphatic carbocycles. The Balaban J connectivity index is 2.42. The second-order valence-corrected chi connectivity index (χ2v) is 5.44. The Morgan fingerprint density at radius 3 is 2.38 bits per heavy atom. The summed E-state index contributed by atoms with van der Waals surface area (Å²) in [4.78, 5) is 11.8. The zero-order chi connectivity index (χ0) is 15.3. The number of methoxy groups -OCH3 is 1. The van der Waals surface area contributed by atoms with Crippen LogP contribution in [-0.2, 0) is 16.0 Å². The summed E-state index contributed by atoms with van der Waals surface area (Å²) < 4.78 is 4.89. The number of allylic oxidation sites excluding steroid dienone is 1. The van der Waals surface area contributed by atoms with Gasteiger partial charge in [0.1, 0.15) is 0 Å². The first-order valence-corrected chi connectivity index (χ1v) is 8.09. The lowest BCUT2D eigenvalue weighted by atomic mass is 10.0. The Bertz CT molecular complexity index is 420. The SMILES string of the molecule is CCCCCCCC/C=C(\Cc1ccccc1)C(=O)OC. The summed E-state index contributed by atoms with van der Waals surface area (Å²) >= 11 is 0. The maximum Gasteiger partial charge on any atom is 0.333 e. The van der Waals surface area contributed by atoms with Gasteiger partial charge in [0.15, 0.2) is 0 Å². The lowest BCUT2D eigenvalue weighted by molar-refractivity contribution is -0.136. The molecule has 0 spiro atoms. The van der Waals surface area contributed by atoms with Gasteiger partial charge in [0.25, 0.3) is 0 Å². The van der Waals surface area contributed by atoms with Crippen molar-refractivity contribution in [1.82, 2.24) is 0 Å². The van der Waals surface area contributed by atoms with E-state index in [-0.39, 0.29) is 5.97 Å². The van der Waals surface area contributed by atoms with Crippen LogP contribution in [0.3, 0.4) is 0 Å². The van der Waals surface area contributed by atoms with E-state index in [1.54, 1.807) is 0 Å². The fraction of sp³-hybridized carbons (Fsp3) is 0.526. The highest BCUT2D eigenvalue weighted by molar-refractivity contribution is 5.88. The topological polar surface area (TPSA) is 26.3 Å². The highest BCUT2D eigenvalue weighted by Gasteiger charge is 2.09. The normalized spacial score (nSPS) is 11.4. The van der Waals surface area contributed by atoms with Gasteiger partial charge in [-0.3, -0.25) is 0 Å². The molecule has 21 heavy (non-hydrogen) atoms. The third-order valence-electron chi connectivity index (χ3n) is 3.63. The average Bonchev–Trinajstić information content (AvgIpc) is 2.53. The Labute approximate surface area is 129 Å². The van der Waals surface area contributed by atoms with E-state index in [0.717, 1.165) is 24.0 Å². The lowest BCUT2D eigenvalue weighted by Gasteiger charge is -2.06. The molecule has 2 heteroatoms. The second kappa shape index (κ2) is 11.1. The van der Waals surface area contributed by atoms with Gasteiger partial charge < -0.3 is 4.74 Å². The largest absolute Gasteiger partial charge is 0.466 e. The van der Waals surface area contributed by atoms with Crippen molar-refractivity contribution < 1.29 is 9.53 Å². The van der Waals surface area contributed by atoms with Gasteiger partial charge in [-0.15, -0.1) is 0 Å². The molecule has 0 aliphatic heterocycles. The zero-order valence-electron chi connectivity index (χ0n) is 13.4. The highest BCUT2D eigenvalue weighted by atomic mass is 16.5. The lowest BCUT2D eigenvalue weighted by Crippen LogP contribution is -2.07. The Morgan fingerprint density at radius 2 is 1.71 bits per heavy atom. The molecule has 0 heterocycles. The average molecular weight is 288 g/mol. The van der Waals surface area contributed by atoms with Crippen LogP contribution in [0.4, 0.5) is 0 Å². The Kier molecular flexibility index (Phi) is 9.26. The molecule has 0 radical (unpaired) electrons. The minimum atomic E-state index is -0.204. The van der Waals surface area contributed by atoms with Crippen molar-refractivity contribution in [3.63, 3.8) is 0 Å². The predicted octanol–water partition coefficient (Wildman–Crippen LogP) is 5.08. The van der Waals surface area contributed by atoms with E-state index in [2.05, 4.69) is 13.0 Å². The van der Waals surface area contributed by atoms with Gasteiger partial charge in [0, 0.05) is 12.0 Å². The number of benzene rings is 1. The monoisotopic (exact) mass is 288 g/mol. The van der Waals surface area contributed by atoms with Gasteiger partial charge >= 0.3 is 5.97 Å². The van der Waals surface area contributed by atoms with E-state index in [1.165, 1.54) is 39.2 Å². The van der Waals surface area contributed by atoms with Gasteiger partial charge in [0.05, 0.1) is 7.11 Å². The van der Waals surface area contributed by atoms with Crippen LogP contribution in [0, 0.1) is 0 Å². The molecule has 0 saturated heterocycles. The number of ether oxygens (including phenoxy) is 1. The van der Waals surface area contributed by atoms with Crippen molar-refractivity contribution in [2.24, 2.45) is 0 Å². The molecule has 1 aromatic rings. The van der Waals surface area contributed by atoms with Crippen molar-refractivity contribution in [3.8, 4) is 0 Å². The van der Waals surface area contributed by atoms with Crippen molar-refractivity contribution in [2.75, 3.05) is 7.11 Å². The summed E-state index contributed by atoms with van der Waals surface area (Å²) in [5, 5.41) is 0. The van der Waals surface area contributed by atoms with Gasteiger partial charge in [-0.1, -0.05) is 75.4 Å². The zero-order valence-corrected chi connectivity index (χ0v) is 13.4. The molecule has 116 valence electrons. The molecule has 1 aromatic carbocycles. The number of esters is 1. The molecule has 0 atom stereocenters. The molecule has 0 N–H and O–H groups in total. The Morgan fingerprint density at radius 1 is 1.05 bits per heavy atom. The molecular weight excluding hydrogens is 260 g/mol. The van der Waals surface area contributed by atoms with Crippen LogP contribution in [0.1, 0.15) is 57.4 Å². The van der Waals surface area contributed by atoms with Crippen molar-refractivity contribution in [2.45, 2.75) is 58.3 Å². The van der Waals surface area contributed by atoms with E-state index >= 15 is 0 Å². The van der Waals surface area contributed by atoms with E-state index in [0.29, 0.717) is 6.42 Å². The molecule has 1 rings (SSSR count). The molecule has 0 aromatic heterocycles. The third-order valence-corrected chi connectivity index (χ3v) is 3.63. The fourth-order valence-electron chi connectivity index (χ4n) is 2.38. The minimum absolute atomic E-state index is 0.204. The summed E-state index contributed by atoms with van der Waals surface area (Å²) in [5.74, 6) is -0.204. The van der Waals surface area contributed by atoms with E-state index in [9.17, 15) is 4.79 Å². The second-order valence-electron chi connectivity index (χ2n) is 5.44. The van der Waals surface area contributed by atoms with Gasteiger partial charge in [-0.05, 0) is 18.4 Å². The first-order chi connectivity index (χ1) is 10.3. The first kappa shape index (κ1) is 17.5. The van der Waals surface area contributed by atoms with Gasteiger partial charge in [0.2, 0.25) is 0 Å². The fourth-order valence-corrected chi connectivity index (χ4v) is 2.38. The summed E-state index contributed by atoms with van der Waals surface area (Å²) in [6, 6.07) is 10.1. The van der Waals surface area contributed by atoms with E-state index in [4.69, 9.17) is 4.74 Å². The van der Waals surface area contributed by atoms with Crippen LogP contribution >= 0.6 is 0 Å². The van der Waals surface area contributed by atoms with Crippen LogP contribution in [0.25, 0.3) is 0 Å². The molecule has 0 unspecified atom stereocenters. The van der Waals surface area contributed by atoms with Crippen LogP contribution < -0.4 is 0 Å². The van der Waals surface area contributed by atoms with Crippen molar-refractivity contribution >= 4 is 5.97 Å². The Hall–Kier alpha value is -1.57. The summed E-state index contributed by atoms with van der Waals surface area (Å²) in [5.41, 5.74) is 1.93. The summed E-state index contributed by atoms with van der Waals surface area (Å²) in [6.07, 6.45) is 11.3. The molecule has 0 aliphatic rings. The number of carbonyl (C=O) groups excluding carboxylic acids is 1. The van der Waals surface area contributed by atoms with Crippen molar-refractivity contribution in [3.05, 3.63) is 47.5 Å². The smallest absolute Gasteiger partial charge is 0.333 e. The predicted molar refractivity (Wildman–Crippen MR) is 88.2 cm³/mol. The minimum Gasteiger partial charge on any atom is -0.466 e. The van der Waals surface area contributed by atoms with Crippen LogP contribution in [0.5, 0.6) is 0 Å². The number of rotatable bonds is 10. The van der Waals surface area contributed by atoms with Gasteiger partial charge in [-0.25, -0.2) is 4.79 Å². The first-order valence-electron chi connectivity index (χ1n) is 8.09. The molecule has 0 amide bonds. The maximum atomic E-state index is 11.8. The molecule has 0 fully saturated rings. The van der Waals surface area contributed by atoms with Gasteiger partial charge in [-0.2, -0.15) is 0 Å². The number of hydrogen-bond donors (Lipinski definition) is 0.